The van der Waals surface area contributed by atoms with Crippen LogP contribution in [0, 0.1) is 0 Å². The van der Waals surface area contributed by atoms with Crippen LogP contribution in [0.4, 0.5) is 0 Å². The second kappa shape index (κ2) is 8.18. The van der Waals surface area contributed by atoms with Crippen molar-refractivity contribution in [1.82, 2.24) is 0 Å². The van der Waals surface area contributed by atoms with E-state index in [0.29, 0.717) is 36.0 Å². The van der Waals surface area contributed by atoms with Gasteiger partial charge in [0.25, 0.3) is 0 Å². The lowest BCUT2D eigenvalue weighted by atomic mass is 10.1. The minimum atomic E-state index is -0.121. The minimum absolute atomic E-state index is 0.0384. The van der Waals surface area contributed by atoms with E-state index in [-0.39, 0.29) is 19.0 Å². The van der Waals surface area contributed by atoms with Crippen LogP contribution in [0.25, 0.3) is 6.08 Å². The molecule has 0 amide bonds. The number of rotatable bonds is 6. The topological polar surface area (TPSA) is 65.0 Å². The summed E-state index contributed by atoms with van der Waals surface area (Å²) < 4.78 is 17.1. The third-order valence-corrected chi connectivity index (χ3v) is 4.26. The highest BCUT2D eigenvalue weighted by molar-refractivity contribution is 9.10. The molecule has 1 aliphatic heterocycles. The Kier molecular flexibility index (Phi) is 5.73. The largest absolute Gasteiger partial charge is 0.491 e. The number of carbonyl (C=O) groups excluding carboxylic acids is 1. The van der Waals surface area contributed by atoms with E-state index in [1.54, 1.807) is 36.4 Å². The molecule has 0 bridgehead atoms. The molecular weight excluding hydrogens is 388 g/mol. The highest BCUT2D eigenvalue weighted by atomic mass is 79.9. The fourth-order valence-corrected chi connectivity index (χ4v) is 2.84. The molecule has 0 spiro atoms. The Hall–Kier alpha value is -2.31. The molecule has 1 N–H and O–H groups in total. The quantitative estimate of drug-likeness (QED) is 0.589. The zero-order chi connectivity index (χ0) is 17.6. The summed E-state index contributed by atoms with van der Waals surface area (Å²) >= 11 is 3.45. The van der Waals surface area contributed by atoms with E-state index < -0.39 is 0 Å². The normalized spacial score (nSPS) is 13.0. The van der Waals surface area contributed by atoms with E-state index in [9.17, 15) is 4.79 Å². The number of ether oxygens (including phenoxy) is 3. The van der Waals surface area contributed by atoms with Gasteiger partial charge in [-0.15, -0.1) is 0 Å². The van der Waals surface area contributed by atoms with Crippen molar-refractivity contribution >= 4 is 27.8 Å². The molecule has 0 saturated carbocycles. The van der Waals surface area contributed by atoms with Crippen molar-refractivity contribution in [2.24, 2.45) is 0 Å². The van der Waals surface area contributed by atoms with Crippen molar-refractivity contribution in [2.75, 3.05) is 26.4 Å². The zero-order valence-electron chi connectivity index (χ0n) is 13.4. The Labute approximate surface area is 154 Å². The van der Waals surface area contributed by atoms with Crippen LogP contribution in [0.3, 0.4) is 0 Å². The molecule has 25 heavy (non-hydrogen) atoms. The van der Waals surface area contributed by atoms with Crippen LogP contribution in [-0.4, -0.2) is 37.3 Å². The van der Waals surface area contributed by atoms with Gasteiger partial charge in [0.05, 0.1) is 6.61 Å². The third-order valence-electron chi connectivity index (χ3n) is 3.57. The van der Waals surface area contributed by atoms with E-state index in [1.807, 2.05) is 6.07 Å². The second-order valence-electron chi connectivity index (χ2n) is 5.31. The van der Waals surface area contributed by atoms with Crippen LogP contribution in [0.1, 0.15) is 15.9 Å². The summed E-state index contributed by atoms with van der Waals surface area (Å²) in [5.41, 5.74) is 1.39. The summed E-state index contributed by atoms with van der Waals surface area (Å²) in [6.45, 7) is 1.21. The number of aliphatic hydroxyl groups excluding tert-OH is 1. The monoisotopic (exact) mass is 404 g/mol. The predicted octanol–water partition coefficient (Wildman–Crippen LogP) is 3.49. The Morgan fingerprint density at radius 2 is 1.96 bits per heavy atom. The molecule has 2 aromatic rings. The van der Waals surface area contributed by atoms with Crippen LogP contribution in [0.15, 0.2) is 46.9 Å². The lowest BCUT2D eigenvalue weighted by Gasteiger charge is -2.18. The summed E-state index contributed by atoms with van der Waals surface area (Å²) in [6, 6.07) is 10.6. The standard InChI is InChI=1S/C19H17BrO5/c20-16-12-15(23-8-7-21)4-1-13(16)2-5-17(22)14-3-6-18-19(11-14)25-10-9-24-18/h1-6,11-12,21H,7-10H2/b5-2+. The van der Waals surface area contributed by atoms with Crippen LogP contribution in [0.2, 0.25) is 0 Å². The molecular formula is C19H17BrO5. The molecule has 0 fully saturated rings. The average Bonchev–Trinajstić information content (AvgIpc) is 2.65. The van der Waals surface area contributed by atoms with E-state index in [2.05, 4.69) is 15.9 Å². The number of hydrogen-bond acceptors (Lipinski definition) is 5. The van der Waals surface area contributed by atoms with E-state index >= 15 is 0 Å². The average molecular weight is 405 g/mol. The summed E-state index contributed by atoms with van der Waals surface area (Å²) in [5, 5.41) is 8.78. The number of halogens is 1. The zero-order valence-corrected chi connectivity index (χ0v) is 15.0. The first-order chi connectivity index (χ1) is 12.2. The van der Waals surface area contributed by atoms with Crippen molar-refractivity contribution < 1.29 is 24.1 Å². The summed E-state index contributed by atoms with van der Waals surface area (Å²) in [6.07, 6.45) is 3.25. The van der Waals surface area contributed by atoms with Gasteiger partial charge in [0.2, 0.25) is 0 Å². The van der Waals surface area contributed by atoms with E-state index in [1.165, 1.54) is 6.08 Å². The van der Waals surface area contributed by atoms with Gasteiger partial charge in [0.1, 0.15) is 25.6 Å². The first kappa shape index (κ1) is 17.5. The maximum atomic E-state index is 12.4. The maximum absolute atomic E-state index is 12.4. The van der Waals surface area contributed by atoms with Crippen molar-refractivity contribution in [1.29, 1.82) is 0 Å². The Bertz CT molecular complexity index is 800. The van der Waals surface area contributed by atoms with Gasteiger partial charge in [0.15, 0.2) is 17.3 Å². The number of hydrogen-bond donors (Lipinski definition) is 1. The van der Waals surface area contributed by atoms with Crippen molar-refractivity contribution in [3.63, 3.8) is 0 Å². The molecule has 2 aromatic carbocycles. The molecule has 0 radical (unpaired) electrons. The molecule has 6 heteroatoms. The van der Waals surface area contributed by atoms with Gasteiger partial charge in [0, 0.05) is 10.0 Å². The summed E-state index contributed by atoms with van der Waals surface area (Å²) in [5.74, 6) is 1.78. The fraction of sp³-hybridized carbons (Fsp3) is 0.211. The van der Waals surface area contributed by atoms with Crippen LogP contribution < -0.4 is 14.2 Å². The number of benzene rings is 2. The van der Waals surface area contributed by atoms with Crippen LogP contribution in [-0.2, 0) is 0 Å². The summed E-state index contributed by atoms with van der Waals surface area (Å²) in [7, 11) is 0. The van der Waals surface area contributed by atoms with Crippen molar-refractivity contribution in [3.05, 3.63) is 58.1 Å². The third kappa shape index (κ3) is 4.41. The predicted molar refractivity (Wildman–Crippen MR) is 97.5 cm³/mol. The molecule has 1 heterocycles. The van der Waals surface area contributed by atoms with Gasteiger partial charge in [-0.1, -0.05) is 22.0 Å². The molecule has 130 valence electrons. The highest BCUT2D eigenvalue weighted by Crippen LogP contribution is 2.31. The molecule has 5 nitrogen and oxygen atoms in total. The molecule has 0 aromatic heterocycles. The van der Waals surface area contributed by atoms with Crippen molar-refractivity contribution in [3.8, 4) is 17.2 Å². The van der Waals surface area contributed by atoms with Gasteiger partial charge in [-0.25, -0.2) is 0 Å². The lowest BCUT2D eigenvalue weighted by Crippen LogP contribution is -2.15. The molecule has 0 unspecified atom stereocenters. The number of aliphatic hydroxyl groups is 1. The summed E-state index contributed by atoms with van der Waals surface area (Å²) in [4.78, 5) is 12.4. The first-order valence-electron chi connectivity index (χ1n) is 7.82. The van der Waals surface area contributed by atoms with E-state index in [0.717, 1.165) is 10.0 Å². The lowest BCUT2D eigenvalue weighted by molar-refractivity contribution is 0.104. The van der Waals surface area contributed by atoms with Crippen molar-refractivity contribution in [2.45, 2.75) is 0 Å². The van der Waals surface area contributed by atoms with Gasteiger partial charge < -0.3 is 19.3 Å². The molecule has 3 rings (SSSR count). The number of carbonyl (C=O) groups is 1. The van der Waals surface area contributed by atoms with Crippen LogP contribution in [0.5, 0.6) is 17.2 Å². The highest BCUT2D eigenvalue weighted by Gasteiger charge is 2.13. The minimum Gasteiger partial charge on any atom is -0.491 e. The van der Waals surface area contributed by atoms with Gasteiger partial charge in [-0.2, -0.15) is 0 Å². The molecule has 0 atom stereocenters. The number of allylic oxidation sites excluding steroid dienone is 1. The van der Waals surface area contributed by atoms with Crippen LogP contribution >= 0.6 is 15.9 Å². The van der Waals surface area contributed by atoms with Gasteiger partial charge >= 0.3 is 0 Å². The maximum Gasteiger partial charge on any atom is 0.185 e. The first-order valence-corrected chi connectivity index (χ1v) is 8.62. The molecule has 0 aliphatic carbocycles. The van der Waals surface area contributed by atoms with Gasteiger partial charge in [-0.05, 0) is 48.0 Å². The Morgan fingerprint density at radius 3 is 2.72 bits per heavy atom. The Balaban J connectivity index is 1.72. The smallest absolute Gasteiger partial charge is 0.185 e. The molecule has 1 aliphatic rings. The SMILES string of the molecule is O=C(/C=C/c1ccc(OCCO)cc1Br)c1ccc2c(c1)OCCO2. The number of ketones is 1. The number of fused-ring (bicyclic) bond motifs is 1. The second-order valence-corrected chi connectivity index (χ2v) is 6.17. The van der Waals surface area contributed by atoms with Gasteiger partial charge in [-0.3, -0.25) is 4.79 Å². The molecule has 0 saturated heterocycles. The Morgan fingerprint density at radius 1 is 1.16 bits per heavy atom. The van der Waals surface area contributed by atoms with E-state index in [4.69, 9.17) is 19.3 Å². The fourth-order valence-electron chi connectivity index (χ4n) is 2.35.